The average Bonchev–Trinajstić information content (AvgIpc) is 3.09. The largest absolute Gasteiger partial charge is 0.354 e. The highest BCUT2D eigenvalue weighted by molar-refractivity contribution is 7.89. The highest BCUT2D eigenvalue weighted by atomic mass is 32.2. The molecule has 1 aromatic rings. The first-order valence-corrected chi connectivity index (χ1v) is 10.3. The van der Waals surface area contributed by atoms with Crippen LogP contribution in [0.1, 0.15) is 51.5 Å². The summed E-state index contributed by atoms with van der Waals surface area (Å²) in [5.74, 6) is 0.0460. The third kappa shape index (κ3) is 5.05. The van der Waals surface area contributed by atoms with Gasteiger partial charge in [-0.2, -0.15) is 4.31 Å². The lowest BCUT2D eigenvalue weighted by molar-refractivity contribution is -0.121. The van der Waals surface area contributed by atoms with Crippen molar-refractivity contribution >= 4 is 15.9 Å². The molecule has 1 unspecified atom stereocenters. The van der Waals surface area contributed by atoms with Crippen molar-refractivity contribution in [1.29, 1.82) is 0 Å². The van der Waals surface area contributed by atoms with Gasteiger partial charge < -0.3 is 5.32 Å². The summed E-state index contributed by atoms with van der Waals surface area (Å²) in [6.45, 7) is 5.33. The maximum atomic E-state index is 12.5. The number of nitrogens with one attached hydrogen (secondary N) is 1. The Kier molecular flexibility index (Phi) is 6.80. The zero-order valence-corrected chi connectivity index (χ0v) is 15.4. The fraction of sp³-hybridized carbons (Fsp3) is 0.611. The Hall–Kier alpha value is -1.40. The molecule has 6 heteroatoms. The number of carbonyl (C=O) groups is 1. The zero-order chi connectivity index (χ0) is 17.6. The summed E-state index contributed by atoms with van der Waals surface area (Å²) >= 11 is 0. The Balaban J connectivity index is 1.89. The Labute approximate surface area is 145 Å². The highest BCUT2D eigenvalue weighted by Crippen LogP contribution is 2.21. The van der Waals surface area contributed by atoms with E-state index in [1.54, 1.807) is 16.4 Å². The van der Waals surface area contributed by atoms with E-state index in [-0.39, 0.29) is 11.9 Å². The minimum absolute atomic E-state index is 0.0460. The number of nitrogens with zero attached hydrogens (tertiary/aromatic N) is 1. The van der Waals surface area contributed by atoms with Crippen LogP contribution in [0.2, 0.25) is 0 Å². The van der Waals surface area contributed by atoms with Gasteiger partial charge in [-0.25, -0.2) is 8.42 Å². The van der Waals surface area contributed by atoms with Crippen molar-refractivity contribution < 1.29 is 13.2 Å². The van der Waals surface area contributed by atoms with Gasteiger partial charge in [0.25, 0.3) is 0 Å². The number of rotatable bonds is 8. The van der Waals surface area contributed by atoms with Gasteiger partial charge in [0, 0.05) is 25.6 Å². The molecule has 1 aliphatic heterocycles. The Bertz CT molecular complexity index is 635. The molecule has 0 spiro atoms. The molecule has 24 heavy (non-hydrogen) atoms. The van der Waals surface area contributed by atoms with Crippen molar-refractivity contribution in [2.24, 2.45) is 0 Å². The van der Waals surface area contributed by atoms with E-state index in [4.69, 9.17) is 0 Å². The quantitative estimate of drug-likeness (QED) is 0.782. The first-order valence-electron chi connectivity index (χ1n) is 8.82. The number of benzene rings is 1. The van der Waals surface area contributed by atoms with Gasteiger partial charge in [0.1, 0.15) is 0 Å². The van der Waals surface area contributed by atoms with E-state index in [9.17, 15) is 13.2 Å². The van der Waals surface area contributed by atoms with Gasteiger partial charge in [-0.3, -0.25) is 4.79 Å². The Morgan fingerprint density at radius 2 is 1.83 bits per heavy atom. The molecule has 134 valence electrons. The van der Waals surface area contributed by atoms with Gasteiger partial charge >= 0.3 is 0 Å². The van der Waals surface area contributed by atoms with Crippen LogP contribution >= 0.6 is 0 Å². The molecular formula is C18H28N2O3S. The fourth-order valence-electron chi connectivity index (χ4n) is 3.02. The zero-order valence-electron chi connectivity index (χ0n) is 14.6. The third-order valence-electron chi connectivity index (χ3n) is 4.40. The molecule has 1 aliphatic rings. The van der Waals surface area contributed by atoms with E-state index < -0.39 is 10.0 Å². The monoisotopic (exact) mass is 352 g/mol. The van der Waals surface area contributed by atoms with Crippen LogP contribution in [0.15, 0.2) is 29.2 Å². The Morgan fingerprint density at radius 1 is 1.21 bits per heavy atom. The lowest BCUT2D eigenvalue weighted by Gasteiger charge is -2.15. The summed E-state index contributed by atoms with van der Waals surface area (Å²) in [6, 6.07) is 7.13. The molecule has 1 aromatic carbocycles. The minimum Gasteiger partial charge on any atom is -0.354 e. The maximum absolute atomic E-state index is 12.5. The maximum Gasteiger partial charge on any atom is 0.243 e. The van der Waals surface area contributed by atoms with Gasteiger partial charge in [0.2, 0.25) is 15.9 Å². The lowest BCUT2D eigenvalue weighted by atomic mass is 10.1. The topological polar surface area (TPSA) is 66.5 Å². The van der Waals surface area contributed by atoms with Gasteiger partial charge in [0.05, 0.1) is 4.90 Å². The molecular weight excluding hydrogens is 324 g/mol. The number of amides is 1. The first-order chi connectivity index (χ1) is 11.4. The molecule has 1 fully saturated rings. The van der Waals surface area contributed by atoms with E-state index in [2.05, 4.69) is 12.2 Å². The number of carbonyl (C=O) groups excluding carboxylic acids is 1. The van der Waals surface area contributed by atoms with Crippen LogP contribution in [0.3, 0.4) is 0 Å². The molecule has 1 atom stereocenters. The van der Waals surface area contributed by atoms with Crippen molar-refractivity contribution in [1.82, 2.24) is 9.62 Å². The summed E-state index contributed by atoms with van der Waals surface area (Å²) < 4.78 is 26.5. The molecule has 1 heterocycles. The van der Waals surface area contributed by atoms with E-state index in [1.807, 2.05) is 19.1 Å². The summed E-state index contributed by atoms with van der Waals surface area (Å²) in [7, 11) is -3.35. The van der Waals surface area contributed by atoms with E-state index >= 15 is 0 Å². The molecule has 2 rings (SSSR count). The first kappa shape index (κ1) is 18.9. The SMILES string of the molecule is CCCC(C)NC(=O)CCc1ccc(S(=O)(=O)N2CCCC2)cc1. The van der Waals surface area contributed by atoms with Gasteiger partial charge in [-0.05, 0) is 50.3 Å². The van der Waals surface area contributed by atoms with Crippen LogP contribution in [0.4, 0.5) is 0 Å². The summed E-state index contributed by atoms with van der Waals surface area (Å²) in [5.41, 5.74) is 0.980. The van der Waals surface area contributed by atoms with Crippen LogP contribution in [0.5, 0.6) is 0 Å². The van der Waals surface area contributed by atoms with E-state index in [0.717, 1.165) is 31.2 Å². The van der Waals surface area contributed by atoms with Crippen molar-refractivity contribution in [3.8, 4) is 0 Å². The van der Waals surface area contributed by atoms with Gasteiger partial charge in [0.15, 0.2) is 0 Å². The number of hydrogen-bond donors (Lipinski definition) is 1. The molecule has 0 radical (unpaired) electrons. The lowest BCUT2D eigenvalue weighted by Crippen LogP contribution is -2.32. The molecule has 0 saturated carbocycles. The highest BCUT2D eigenvalue weighted by Gasteiger charge is 2.26. The molecule has 1 amide bonds. The van der Waals surface area contributed by atoms with Crippen molar-refractivity contribution in [2.75, 3.05) is 13.1 Å². The van der Waals surface area contributed by atoms with Crippen LogP contribution in [-0.2, 0) is 21.2 Å². The van der Waals surface area contributed by atoms with Crippen LogP contribution < -0.4 is 5.32 Å². The second kappa shape index (κ2) is 8.62. The standard InChI is InChI=1S/C18H28N2O3S/c1-3-6-15(2)19-18(21)12-9-16-7-10-17(11-8-16)24(22,23)20-13-4-5-14-20/h7-8,10-11,15H,3-6,9,12-14H2,1-2H3,(H,19,21). The molecule has 0 bridgehead atoms. The summed E-state index contributed by atoms with van der Waals surface area (Å²) in [4.78, 5) is 12.2. The van der Waals surface area contributed by atoms with Gasteiger partial charge in [-0.15, -0.1) is 0 Å². The number of hydrogen-bond acceptors (Lipinski definition) is 3. The number of sulfonamides is 1. The molecule has 1 saturated heterocycles. The van der Waals surface area contributed by atoms with Gasteiger partial charge in [-0.1, -0.05) is 25.5 Å². The molecule has 1 N–H and O–H groups in total. The van der Waals surface area contributed by atoms with Crippen LogP contribution in [0.25, 0.3) is 0 Å². The average molecular weight is 353 g/mol. The Morgan fingerprint density at radius 3 is 2.42 bits per heavy atom. The van der Waals surface area contributed by atoms with Crippen molar-refractivity contribution in [3.63, 3.8) is 0 Å². The van der Waals surface area contributed by atoms with Crippen LogP contribution in [-0.4, -0.2) is 37.8 Å². The predicted octanol–water partition coefficient (Wildman–Crippen LogP) is 2.71. The van der Waals surface area contributed by atoms with E-state index in [1.165, 1.54) is 0 Å². The van der Waals surface area contributed by atoms with E-state index in [0.29, 0.717) is 30.8 Å². The third-order valence-corrected chi connectivity index (χ3v) is 6.31. The summed E-state index contributed by atoms with van der Waals surface area (Å²) in [6.07, 6.45) is 4.94. The van der Waals surface area contributed by atoms with Crippen LogP contribution in [0, 0.1) is 0 Å². The second-order valence-electron chi connectivity index (χ2n) is 6.51. The smallest absolute Gasteiger partial charge is 0.243 e. The second-order valence-corrected chi connectivity index (χ2v) is 8.45. The minimum atomic E-state index is -3.35. The fourth-order valence-corrected chi connectivity index (χ4v) is 4.53. The van der Waals surface area contributed by atoms with Crippen molar-refractivity contribution in [2.45, 2.75) is 63.3 Å². The summed E-state index contributed by atoms with van der Waals surface area (Å²) in [5, 5.41) is 2.98. The van der Waals surface area contributed by atoms with Crippen molar-refractivity contribution in [3.05, 3.63) is 29.8 Å². The molecule has 5 nitrogen and oxygen atoms in total. The predicted molar refractivity (Wildman–Crippen MR) is 95.3 cm³/mol. The normalized spacial score (nSPS) is 16.9. The number of aryl methyl sites for hydroxylation is 1. The molecule has 0 aromatic heterocycles. The molecule has 0 aliphatic carbocycles.